The highest BCUT2D eigenvalue weighted by molar-refractivity contribution is 5.05. The van der Waals surface area contributed by atoms with E-state index in [0.717, 1.165) is 23.2 Å². The Labute approximate surface area is 163 Å². The molecule has 0 bridgehead atoms. The molecule has 0 aromatic carbocycles. The first-order chi connectivity index (χ1) is 12.8. The molecule has 2 heterocycles. The van der Waals surface area contributed by atoms with Gasteiger partial charge in [0, 0.05) is 13.7 Å². The maximum atomic E-state index is 5.47. The van der Waals surface area contributed by atoms with Crippen molar-refractivity contribution < 1.29 is 4.74 Å². The van der Waals surface area contributed by atoms with Crippen molar-refractivity contribution in [1.29, 1.82) is 0 Å². The van der Waals surface area contributed by atoms with Gasteiger partial charge in [0.05, 0.1) is 6.10 Å². The van der Waals surface area contributed by atoms with Gasteiger partial charge in [-0.3, -0.25) is 0 Å². The van der Waals surface area contributed by atoms with Crippen molar-refractivity contribution in [3.8, 4) is 0 Å². The molecule has 26 heavy (non-hydrogen) atoms. The van der Waals surface area contributed by atoms with Crippen LogP contribution in [0.4, 0.5) is 0 Å². The van der Waals surface area contributed by atoms with Crippen LogP contribution in [0.15, 0.2) is 0 Å². The van der Waals surface area contributed by atoms with Crippen molar-refractivity contribution in [1.82, 2.24) is 10.2 Å². The number of nitrogens with zero attached hydrogens (tertiary/aromatic N) is 1. The smallest absolute Gasteiger partial charge is 0.0582 e. The molecule has 2 aliphatic carbocycles. The third-order valence-corrected chi connectivity index (χ3v) is 7.32. The fourth-order valence-corrected chi connectivity index (χ4v) is 5.83. The van der Waals surface area contributed by atoms with Crippen LogP contribution in [0.5, 0.6) is 0 Å². The average molecular weight is 367 g/mol. The lowest BCUT2D eigenvalue weighted by molar-refractivity contribution is -0.141. The lowest BCUT2D eigenvalue weighted by Crippen LogP contribution is -2.53. The van der Waals surface area contributed by atoms with Gasteiger partial charge in [0.2, 0.25) is 0 Å². The third kappa shape index (κ3) is 5.45. The number of ether oxygens (including phenoxy) is 1. The molecule has 154 valence electrons. The molecule has 0 radical (unpaired) electrons. The number of likely N-dealkylation sites (tertiary alicyclic amines) is 1. The molecule has 4 fully saturated rings. The van der Waals surface area contributed by atoms with Crippen LogP contribution in [0.1, 0.15) is 79.1 Å². The predicted octanol–water partition coefficient (Wildman–Crippen LogP) is 4.96. The number of hydrogen-bond acceptors (Lipinski definition) is 3. The van der Waals surface area contributed by atoms with E-state index in [9.17, 15) is 0 Å². The number of nitrogens with one attached hydrogen (secondary N) is 1. The van der Waals surface area contributed by atoms with Crippen molar-refractivity contribution in [2.24, 2.45) is 23.2 Å². The summed E-state index contributed by atoms with van der Waals surface area (Å²) in [7, 11) is 1.88. The first kappa shape index (κ1) is 22.2. The zero-order chi connectivity index (χ0) is 19.0. The lowest BCUT2D eigenvalue weighted by Gasteiger charge is -2.59. The van der Waals surface area contributed by atoms with Crippen LogP contribution < -0.4 is 5.32 Å². The zero-order valence-corrected chi connectivity index (χ0v) is 18.4. The Kier molecular flexibility index (Phi) is 9.40. The van der Waals surface area contributed by atoms with Crippen LogP contribution in [-0.2, 0) is 4.74 Å². The predicted molar refractivity (Wildman–Crippen MR) is 113 cm³/mol. The molecule has 2 saturated heterocycles. The molecule has 4 rings (SSSR count). The Morgan fingerprint density at radius 1 is 0.846 bits per heavy atom. The van der Waals surface area contributed by atoms with Crippen LogP contribution >= 0.6 is 0 Å². The minimum Gasteiger partial charge on any atom is -0.381 e. The molecule has 3 heteroatoms. The highest BCUT2D eigenvalue weighted by atomic mass is 16.5. The van der Waals surface area contributed by atoms with Crippen LogP contribution in [0.25, 0.3) is 0 Å². The summed E-state index contributed by atoms with van der Waals surface area (Å²) >= 11 is 0. The Balaban J connectivity index is 0.000000570. The van der Waals surface area contributed by atoms with Gasteiger partial charge < -0.3 is 15.0 Å². The topological polar surface area (TPSA) is 24.5 Å². The van der Waals surface area contributed by atoms with Gasteiger partial charge >= 0.3 is 0 Å². The Hall–Kier alpha value is -0.120. The van der Waals surface area contributed by atoms with Crippen LogP contribution in [-0.4, -0.2) is 50.8 Å². The minimum absolute atomic E-state index is 0.591. The van der Waals surface area contributed by atoms with Gasteiger partial charge in [-0.15, -0.1) is 0 Å². The van der Waals surface area contributed by atoms with E-state index in [-0.39, 0.29) is 0 Å². The van der Waals surface area contributed by atoms with Crippen molar-refractivity contribution in [3.63, 3.8) is 0 Å². The molecule has 2 saturated carbocycles. The van der Waals surface area contributed by atoms with E-state index in [1.807, 2.05) is 34.8 Å². The maximum absolute atomic E-state index is 5.47. The van der Waals surface area contributed by atoms with Crippen molar-refractivity contribution in [3.05, 3.63) is 0 Å². The van der Waals surface area contributed by atoms with Gasteiger partial charge in [0.25, 0.3) is 0 Å². The van der Waals surface area contributed by atoms with Crippen LogP contribution in [0.2, 0.25) is 0 Å². The first-order valence-electron chi connectivity index (χ1n) is 11.7. The normalized spacial score (nSPS) is 35.4. The molecule has 0 aromatic heterocycles. The van der Waals surface area contributed by atoms with Crippen molar-refractivity contribution in [2.45, 2.75) is 85.2 Å². The molecule has 2 aliphatic heterocycles. The summed E-state index contributed by atoms with van der Waals surface area (Å²) in [5, 5.41) is 3.49. The standard InChI is InChI=1S/C19H34N2O.2C2H6/c1-22-18-12-19(13-18)10-17(11-19)16-4-8-21(9-5-16)14-15-2-6-20-7-3-15;2*1-2/h15-18,20H,2-14H2,1H3;2*1-2H3. The largest absolute Gasteiger partial charge is 0.381 e. The highest BCUT2D eigenvalue weighted by Gasteiger charge is 2.54. The molecule has 3 nitrogen and oxygen atoms in total. The Bertz CT molecular complexity index is 358. The van der Waals surface area contributed by atoms with E-state index in [4.69, 9.17) is 4.74 Å². The van der Waals surface area contributed by atoms with Gasteiger partial charge in [-0.2, -0.15) is 0 Å². The van der Waals surface area contributed by atoms with Crippen molar-refractivity contribution >= 4 is 0 Å². The van der Waals surface area contributed by atoms with Gasteiger partial charge in [-0.25, -0.2) is 0 Å². The van der Waals surface area contributed by atoms with Gasteiger partial charge in [0.1, 0.15) is 0 Å². The lowest BCUT2D eigenvalue weighted by atomic mass is 9.48. The molecular weight excluding hydrogens is 320 g/mol. The molecule has 0 atom stereocenters. The highest BCUT2D eigenvalue weighted by Crippen LogP contribution is 2.62. The molecular formula is C23H46N2O. The van der Waals surface area contributed by atoms with Crippen LogP contribution in [0, 0.1) is 23.2 Å². The summed E-state index contributed by atoms with van der Waals surface area (Å²) in [6.07, 6.45) is 12.1. The fraction of sp³-hybridized carbons (Fsp3) is 1.00. The van der Waals surface area contributed by atoms with E-state index < -0.39 is 0 Å². The molecule has 1 N–H and O–H groups in total. The Morgan fingerprint density at radius 3 is 1.96 bits per heavy atom. The van der Waals surface area contributed by atoms with Gasteiger partial charge in [-0.05, 0) is 101 Å². The van der Waals surface area contributed by atoms with E-state index >= 15 is 0 Å². The average Bonchev–Trinajstić information content (AvgIpc) is 2.65. The quantitative estimate of drug-likeness (QED) is 0.761. The first-order valence-corrected chi connectivity index (χ1v) is 11.7. The third-order valence-electron chi connectivity index (χ3n) is 7.32. The van der Waals surface area contributed by atoms with E-state index in [2.05, 4.69) is 10.2 Å². The molecule has 1 spiro atoms. The summed E-state index contributed by atoms with van der Waals surface area (Å²) in [4.78, 5) is 2.77. The maximum Gasteiger partial charge on any atom is 0.0582 e. The summed E-state index contributed by atoms with van der Waals surface area (Å²) in [5.41, 5.74) is 0.734. The summed E-state index contributed by atoms with van der Waals surface area (Å²) in [6, 6.07) is 0. The van der Waals surface area contributed by atoms with E-state index in [0.29, 0.717) is 6.10 Å². The monoisotopic (exact) mass is 366 g/mol. The molecule has 4 aliphatic rings. The number of rotatable bonds is 4. The van der Waals surface area contributed by atoms with Gasteiger partial charge in [-0.1, -0.05) is 27.7 Å². The zero-order valence-electron chi connectivity index (χ0n) is 18.4. The number of hydrogen-bond donors (Lipinski definition) is 1. The van der Waals surface area contributed by atoms with E-state index in [1.165, 1.54) is 84.1 Å². The van der Waals surface area contributed by atoms with Gasteiger partial charge in [0.15, 0.2) is 0 Å². The summed E-state index contributed by atoms with van der Waals surface area (Å²) in [6.45, 7) is 14.6. The fourth-order valence-electron chi connectivity index (χ4n) is 5.83. The van der Waals surface area contributed by atoms with Crippen molar-refractivity contribution in [2.75, 3.05) is 39.8 Å². The Morgan fingerprint density at radius 2 is 1.42 bits per heavy atom. The summed E-state index contributed by atoms with van der Waals surface area (Å²) < 4.78 is 5.47. The minimum atomic E-state index is 0.591. The second kappa shape index (κ2) is 11.0. The second-order valence-electron chi connectivity index (χ2n) is 8.77. The SMILES string of the molecule is CC.CC.COC1CC2(C1)CC(C1CCN(CC3CCNCC3)CC1)C2. The molecule has 0 amide bonds. The summed E-state index contributed by atoms with van der Waals surface area (Å²) in [5.74, 6) is 3.06. The molecule has 0 aromatic rings. The van der Waals surface area contributed by atoms with E-state index in [1.54, 1.807) is 0 Å². The second-order valence-corrected chi connectivity index (χ2v) is 8.77. The number of piperidine rings is 2. The van der Waals surface area contributed by atoms with Crippen LogP contribution in [0.3, 0.4) is 0 Å². The number of methoxy groups -OCH3 is 1. The molecule has 0 unspecified atom stereocenters.